The number of nitrogens with zero attached hydrogens (tertiary/aromatic N) is 5. The number of rotatable bonds is 7. The van der Waals surface area contributed by atoms with Crippen LogP contribution in [0.2, 0.25) is 0 Å². The van der Waals surface area contributed by atoms with Crippen molar-refractivity contribution in [3.8, 4) is 22.8 Å². The summed E-state index contributed by atoms with van der Waals surface area (Å²) < 4.78 is 42.6. The predicted octanol–water partition coefficient (Wildman–Crippen LogP) is 4.88. The molecular formula is C29H21F2N6O5+. The Bertz CT molecular complexity index is 1870. The third-order valence-electron chi connectivity index (χ3n) is 6.57. The van der Waals surface area contributed by atoms with E-state index in [1.54, 1.807) is 36.0 Å². The maximum atomic E-state index is 15.2. The molecule has 0 spiro atoms. The minimum Gasteiger partial charge on any atom is -0.452 e. The minimum atomic E-state index is -1.40. The summed E-state index contributed by atoms with van der Waals surface area (Å²) in [6.07, 6.45) is 7.30. The van der Waals surface area contributed by atoms with Crippen molar-refractivity contribution in [3.05, 3.63) is 91.2 Å². The minimum absolute atomic E-state index is 0.0595. The maximum absolute atomic E-state index is 15.2. The highest BCUT2D eigenvalue weighted by Gasteiger charge is 2.47. The van der Waals surface area contributed by atoms with Gasteiger partial charge in [0.05, 0.1) is 25.2 Å². The molecule has 1 unspecified atom stereocenters. The van der Waals surface area contributed by atoms with Gasteiger partial charge in [0.25, 0.3) is 0 Å². The van der Waals surface area contributed by atoms with Crippen molar-refractivity contribution in [1.82, 2.24) is 14.6 Å². The molecule has 13 heteroatoms. The van der Waals surface area contributed by atoms with Crippen molar-refractivity contribution in [1.29, 1.82) is 0 Å². The van der Waals surface area contributed by atoms with Gasteiger partial charge in [0.15, 0.2) is 35.4 Å². The van der Waals surface area contributed by atoms with Crippen LogP contribution in [0.1, 0.15) is 6.92 Å². The summed E-state index contributed by atoms with van der Waals surface area (Å²) >= 11 is 0. The lowest BCUT2D eigenvalue weighted by molar-refractivity contribution is -0.419. The first-order chi connectivity index (χ1) is 20.3. The van der Waals surface area contributed by atoms with Gasteiger partial charge in [-0.25, -0.2) is 27.7 Å². The lowest BCUT2D eigenvalue weighted by atomic mass is 10.1. The number of hydrogen-bond donors (Lipinski definition) is 1. The van der Waals surface area contributed by atoms with Gasteiger partial charge in [-0.2, -0.15) is 9.89 Å². The number of pyridine rings is 1. The molecule has 0 radical (unpaired) electrons. The van der Waals surface area contributed by atoms with Crippen molar-refractivity contribution in [2.24, 2.45) is 5.92 Å². The van der Waals surface area contributed by atoms with Crippen LogP contribution in [0.4, 0.5) is 25.0 Å². The number of aromatic nitrogens is 3. The van der Waals surface area contributed by atoms with Gasteiger partial charge in [-0.1, -0.05) is 0 Å². The van der Waals surface area contributed by atoms with Crippen LogP contribution in [0.15, 0.2) is 84.0 Å². The van der Waals surface area contributed by atoms with Crippen molar-refractivity contribution < 1.29 is 36.9 Å². The predicted molar refractivity (Wildman–Crippen MR) is 145 cm³/mol. The second kappa shape index (κ2) is 10.7. The van der Waals surface area contributed by atoms with Crippen LogP contribution in [0.5, 0.6) is 11.5 Å². The Balaban J connectivity index is 1.23. The first kappa shape index (κ1) is 26.5. The van der Waals surface area contributed by atoms with Gasteiger partial charge in [0.1, 0.15) is 17.0 Å². The lowest BCUT2D eigenvalue weighted by Crippen LogP contribution is -2.54. The molecule has 11 nitrogen and oxygen atoms in total. The summed E-state index contributed by atoms with van der Waals surface area (Å²) in [7, 11) is 0. The lowest BCUT2D eigenvalue weighted by Gasteiger charge is -2.22. The molecule has 1 N–H and O–H groups in total. The van der Waals surface area contributed by atoms with Crippen molar-refractivity contribution >= 4 is 41.0 Å². The largest absolute Gasteiger partial charge is 0.505 e. The number of fused-ring (bicyclic) bond motifs is 1. The van der Waals surface area contributed by atoms with E-state index in [4.69, 9.17) is 9.15 Å². The van der Waals surface area contributed by atoms with Gasteiger partial charge < -0.3 is 14.5 Å². The van der Waals surface area contributed by atoms with Crippen molar-refractivity contribution in [3.63, 3.8) is 0 Å². The van der Waals surface area contributed by atoms with Gasteiger partial charge >= 0.3 is 11.9 Å². The number of hydrogen-bond acceptors (Lipinski definition) is 7. The summed E-state index contributed by atoms with van der Waals surface area (Å²) in [6.45, 7) is 1.85. The highest BCUT2D eigenvalue weighted by atomic mass is 19.1. The molecule has 0 saturated heterocycles. The van der Waals surface area contributed by atoms with E-state index in [0.717, 1.165) is 23.1 Å². The number of anilines is 2. The average molecular weight is 572 g/mol. The van der Waals surface area contributed by atoms with E-state index < -0.39 is 35.4 Å². The van der Waals surface area contributed by atoms with Gasteiger partial charge in [0, 0.05) is 23.5 Å². The van der Waals surface area contributed by atoms with E-state index in [0.29, 0.717) is 22.6 Å². The first-order valence-electron chi connectivity index (χ1n) is 12.7. The number of nitrogens with one attached hydrogen (secondary N) is 1. The van der Waals surface area contributed by atoms with Crippen LogP contribution in [-0.4, -0.2) is 49.8 Å². The van der Waals surface area contributed by atoms with Crippen LogP contribution in [0, 0.1) is 17.6 Å². The summed E-state index contributed by atoms with van der Waals surface area (Å²) in [6, 6.07) is 11.2. The van der Waals surface area contributed by atoms with E-state index >= 15 is 4.39 Å². The number of ether oxygens (including phenoxy) is 1. The number of imide groups is 1. The highest BCUT2D eigenvalue weighted by Crippen LogP contribution is 2.33. The zero-order valence-electron chi connectivity index (χ0n) is 21.9. The van der Waals surface area contributed by atoms with E-state index in [1.165, 1.54) is 47.6 Å². The van der Waals surface area contributed by atoms with Crippen LogP contribution < -0.4 is 15.0 Å². The highest BCUT2D eigenvalue weighted by molar-refractivity contribution is 6.28. The Kier molecular flexibility index (Phi) is 6.74. The molecule has 0 aliphatic carbocycles. The smallest absolute Gasteiger partial charge is 0.452 e. The molecule has 6 rings (SSSR count). The molecular weight excluding hydrogens is 550 g/mol. The number of carbonyl (C=O) groups is 3. The standard InChI is InChI=1S/C29H20F2N6O5/c1-2-35-15-21(28(39)37(29(35)40)20-6-3-18(30)4-7-20)27(38)34-19-5-8-24(22(31)12-19)42-25-11-17(26-13-32-16-41-26)14-36-23(25)9-10-33-36/h3-16,21H,2H2,1H3/p+1. The van der Waals surface area contributed by atoms with Crippen LogP contribution in [0.3, 0.4) is 0 Å². The van der Waals surface area contributed by atoms with Gasteiger partial charge in [-0.3, -0.25) is 4.79 Å². The Labute approximate surface area is 236 Å². The van der Waals surface area contributed by atoms with Crippen LogP contribution >= 0.6 is 0 Å². The fourth-order valence-corrected chi connectivity index (χ4v) is 4.49. The number of carbonyl (C=O) groups excluding carboxylic acids is 3. The van der Waals surface area contributed by atoms with E-state index in [1.807, 2.05) is 0 Å². The third kappa shape index (κ3) is 4.87. The molecule has 210 valence electrons. The molecule has 4 heterocycles. The molecule has 0 bridgehead atoms. The summed E-state index contributed by atoms with van der Waals surface area (Å²) in [4.78, 5) is 44.0. The monoisotopic (exact) mass is 571 g/mol. The Morgan fingerprint density at radius 1 is 1.10 bits per heavy atom. The van der Waals surface area contributed by atoms with Gasteiger partial charge in [0.2, 0.25) is 5.91 Å². The number of amides is 4. The van der Waals surface area contributed by atoms with Crippen LogP contribution in [0.25, 0.3) is 16.8 Å². The Morgan fingerprint density at radius 3 is 2.62 bits per heavy atom. The third-order valence-corrected chi connectivity index (χ3v) is 6.57. The molecule has 1 aliphatic heterocycles. The maximum Gasteiger partial charge on any atom is 0.505 e. The Morgan fingerprint density at radius 2 is 1.90 bits per heavy atom. The van der Waals surface area contributed by atoms with Crippen molar-refractivity contribution in [2.45, 2.75) is 6.92 Å². The zero-order chi connectivity index (χ0) is 29.4. The summed E-state index contributed by atoms with van der Waals surface area (Å²) in [5, 5.41) is 6.74. The molecule has 0 saturated carbocycles. The molecule has 5 aromatic rings. The van der Waals surface area contributed by atoms with Crippen LogP contribution in [-0.2, 0) is 9.59 Å². The molecule has 0 fully saturated rings. The van der Waals surface area contributed by atoms with E-state index in [9.17, 15) is 18.8 Å². The SMILES string of the molecule is CC[N+]1=CC(C(=O)Nc2ccc(Oc3cc(-c4cnco4)cn4nccc34)c(F)c2)C(=O)N(c2ccc(F)cc2)C1=O. The quantitative estimate of drug-likeness (QED) is 0.218. The first-order valence-corrected chi connectivity index (χ1v) is 12.7. The number of halogens is 2. The molecule has 1 atom stereocenters. The zero-order valence-corrected chi connectivity index (χ0v) is 21.9. The number of urea groups is 1. The molecule has 42 heavy (non-hydrogen) atoms. The van der Waals surface area contributed by atoms with Crippen molar-refractivity contribution in [2.75, 3.05) is 16.8 Å². The summed E-state index contributed by atoms with van der Waals surface area (Å²) in [5.41, 5.74) is 1.35. The van der Waals surface area contributed by atoms with Gasteiger partial charge in [-0.05, 0) is 55.5 Å². The molecule has 4 amide bonds. The summed E-state index contributed by atoms with van der Waals surface area (Å²) in [5.74, 6) is -3.71. The topological polar surface area (TPSA) is 122 Å². The molecule has 1 aliphatic rings. The van der Waals surface area contributed by atoms with Gasteiger partial charge in [-0.15, -0.1) is 4.90 Å². The second-order valence-electron chi connectivity index (χ2n) is 9.20. The normalized spacial score (nSPS) is 15.2. The number of oxazole rings is 1. The Hall–Kier alpha value is -5.72. The number of benzene rings is 2. The molecule has 3 aromatic heterocycles. The molecule has 2 aromatic carbocycles. The van der Waals surface area contributed by atoms with E-state index in [-0.39, 0.29) is 23.7 Å². The fourth-order valence-electron chi connectivity index (χ4n) is 4.49. The second-order valence-corrected chi connectivity index (χ2v) is 9.20. The fraction of sp³-hybridized carbons (Fsp3) is 0.103. The van der Waals surface area contributed by atoms with E-state index in [2.05, 4.69) is 15.4 Å². The average Bonchev–Trinajstić information content (AvgIpc) is 3.68.